The van der Waals surface area contributed by atoms with E-state index in [2.05, 4.69) is 10.4 Å². The zero-order chi connectivity index (χ0) is 25.0. The van der Waals surface area contributed by atoms with Crippen molar-refractivity contribution >= 4 is 11.8 Å². The third kappa shape index (κ3) is 5.47. The Hall–Kier alpha value is -3.82. The number of benzene rings is 2. The fourth-order valence-electron chi connectivity index (χ4n) is 4.10. The smallest absolute Gasteiger partial charge is 0.435 e. The van der Waals surface area contributed by atoms with Crippen molar-refractivity contribution < 1.29 is 27.5 Å². The second-order valence-corrected chi connectivity index (χ2v) is 8.13. The summed E-state index contributed by atoms with van der Waals surface area (Å²) in [7, 11) is 0. The zero-order valence-electron chi connectivity index (χ0n) is 19.1. The molecule has 2 aromatic carbocycles. The van der Waals surface area contributed by atoms with Crippen molar-refractivity contribution in [1.82, 2.24) is 20.0 Å². The van der Waals surface area contributed by atoms with Gasteiger partial charge in [0.05, 0.1) is 17.9 Å². The van der Waals surface area contributed by atoms with Crippen molar-refractivity contribution in [2.45, 2.75) is 32.0 Å². The molecule has 35 heavy (non-hydrogen) atoms. The minimum Gasteiger partial charge on any atom is -0.494 e. The van der Waals surface area contributed by atoms with Crippen LogP contribution in [0.3, 0.4) is 0 Å². The van der Waals surface area contributed by atoms with Gasteiger partial charge in [-0.15, -0.1) is 0 Å². The standard InChI is InChI=1S/C25H25F3N4O3/c1-2-35-20-12-10-17(11-13-20)23(33)29-15-19-9-6-14-31(19)24(34)21-16-32(18-7-4-3-5-8-18)30-22(21)25(26,27)28/h3-5,7-8,10-13,16,19H,2,6,9,14-15H2,1H3,(H,29,33). The Kier molecular flexibility index (Phi) is 7.09. The van der Waals surface area contributed by atoms with Crippen molar-refractivity contribution in [3.8, 4) is 11.4 Å². The number of amides is 2. The second-order valence-electron chi connectivity index (χ2n) is 8.13. The van der Waals surface area contributed by atoms with Crippen molar-refractivity contribution in [3.05, 3.63) is 77.6 Å². The molecular weight excluding hydrogens is 461 g/mol. The molecule has 7 nitrogen and oxygen atoms in total. The van der Waals surface area contributed by atoms with Crippen LogP contribution in [0.4, 0.5) is 13.2 Å². The van der Waals surface area contributed by atoms with Gasteiger partial charge in [-0.25, -0.2) is 4.68 Å². The number of hydrogen-bond acceptors (Lipinski definition) is 4. The molecule has 184 valence electrons. The van der Waals surface area contributed by atoms with Gasteiger partial charge in [0, 0.05) is 30.9 Å². The molecule has 0 spiro atoms. The SMILES string of the molecule is CCOc1ccc(C(=O)NCC2CCCN2C(=O)c2cn(-c3ccccc3)nc2C(F)(F)F)cc1. The maximum Gasteiger partial charge on any atom is 0.435 e. The molecule has 1 aliphatic heterocycles. The van der Waals surface area contributed by atoms with E-state index in [-0.39, 0.29) is 12.5 Å². The highest BCUT2D eigenvalue weighted by Crippen LogP contribution is 2.33. The van der Waals surface area contributed by atoms with E-state index in [9.17, 15) is 22.8 Å². The molecule has 1 N–H and O–H groups in total. The molecule has 2 heterocycles. The molecule has 1 saturated heterocycles. The van der Waals surface area contributed by atoms with Crippen LogP contribution in [0.15, 0.2) is 60.8 Å². The average Bonchev–Trinajstić information content (AvgIpc) is 3.51. The quantitative estimate of drug-likeness (QED) is 0.540. The Morgan fingerprint density at radius 2 is 1.83 bits per heavy atom. The Morgan fingerprint density at radius 1 is 1.11 bits per heavy atom. The summed E-state index contributed by atoms with van der Waals surface area (Å²) < 4.78 is 47.6. The molecule has 0 aliphatic carbocycles. The molecule has 10 heteroatoms. The predicted molar refractivity (Wildman–Crippen MR) is 123 cm³/mol. The Bertz CT molecular complexity index is 1180. The van der Waals surface area contributed by atoms with Crippen LogP contribution in [0.1, 0.15) is 46.2 Å². The molecule has 1 unspecified atom stereocenters. The Morgan fingerprint density at radius 3 is 2.49 bits per heavy atom. The first-order chi connectivity index (χ1) is 16.8. The largest absolute Gasteiger partial charge is 0.494 e. The molecule has 2 amide bonds. The van der Waals surface area contributed by atoms with Crippen LogP contribution in [0, 0.1) is 0 Å². The van der Waals surface area contributed by atoms with Gasteiger partial charge in [-0.3, -0.25) is 9.59 Å². The number of carbonyl (C=O) groups excluding carboxylic acids is 2. The zero-order valence-corrected chi connectivity index (χ0v) is 19.1. The second kappa shape index (κ2) is 10.2. The van der Waals surface area contributed by atoms with E-state index in [0.29, 0.717) is 43.0 Å². The van der Waals surface area contributed by atoms with Crippen molar-refractivity contribution in [1.29, 1.82) is 0 Å². The molecular formula is C25H25F3N4O3. The number of aromatic nitrogens is 2. The molecule has 0 saturated carbocycles. The lowest BCUT2D eigenvalue weighted by Crippen LogP contribution is -2.43. The fraction of sp³-hybridized carbons (Fsp3) is 0.320. The maximum atomic E-state index is 13.7. The number of ether oxygens (including phenoxy) is 1. The van der Waals surface area contributed by atoms with Crippen LogP contribution >= 0.6 is 0 Å². The van der Waals surface area contributed by atoms with Crippen LogP contribution in [0.25, 0.3) is 5.69 Å². The topological polar surface area (TPSA) is 76.5 Å². The Labute approximate surface area is 200 Å². The van der Waals surface area contributed by atoms with Crippen molar-refractivity contribution in [3.63, 3.8) is 0 Å². The number of para-hydroxylation sites is 1. The van der Waals surface area contributed by atoms with Gasteiger partial charge in [0.15, 0.2) is 5.69 Å². The van der Waals surface area contributed by atoms with Gasteiger partial charge >= 0.3 is 6.18 Å². The van der Waals surface area contributed by atoms with Crippen LogP contribution < -0.4 is 10.1 Å². The van der Waals surface area contributed by atoms with Crippen LogP contribution in [0.2, 0.25) is 0 Å². The van der Waals surface area contributed by atoms with E-state index in [1.165, 1.54) is 4.90 Å². The average molecular weight is 486 g/mol. The molecule has 3 aromatic rings. The molecule has 1 atom stereocenters. The summed E-state index contributed by atoms with van der Waals surface area (Å²) in [5.74, 6) is -0.439. The third-order valence-electron chi connectivity index (χ3n) is 5.80. The number of carbonyl (C=O) groups is 2. The first-order valence-electron chi connectivity index (χ1n) is 11.3. The molecule has 1 fully saturated rings. The summed E-state index contributed by atoms with van der Waals surface area (Å²) in [6.07, 6.45) is -2.47. The van der Waals surface area contributed by atoms with Gasteiger partial charge in [0.2, 0.25) is 0 Å². The van der Waals surface area contributed by atoms with Crippen LogP contribution in [-0.2, 0) is 6.18 Å². The number of alkyl halides is 3. The highest BCUT2D eigenvalue weighted by atomic mass is 19.4. The molecule has 4 rings (SSSR count). The van der Waals surface area contributed by atoms with Gasteiger partial charge < -0.3 is 15.0 Å². The highest BCUT2D eigenvalue weighted by molar-refractivity contribution is 5.96. The summed E-state index contributed by atoms with van der Waals surface area (Å²) in [6.45, 7) is 2.80. The van der Waals surface area contributed by atoms with E-state index in [4.69, 9.17) is 4.74 Å². The minimum atomic E-state index is -4.79. The minimum absolute atomic E-state index is 0.131. The molecule has 1 aromatic heterocycles. The van der Waals surface area contributed by atoms with Crippen LogP contribution in [0.5, 0.6) is 5.75 Å². The highest BCUT2D eigenvalue weighted by Gasteiger charge is 2.42. The normalized spacial score (nSPS) is 15.8. The fourth-order valence-corrected chi connectivity index (χ4v) is 4.10. The summed E-state index contributed by atoms with van der Waals surface area (Å²) in [5.41, 5.74) is -0.896. The third-order valence-corrected chi connectivity index (χ3v) is 5.80. The first-order valence-corrected chi connectivity index (χ1v) is 11.3. The summed E-state index contributed by atoms with van der Waals surface area (Å²) in [4.78, 5) is 27.2. The molecule has 0 radical (unpaired) electrons. The first kappa shape index (κ1) is 24.3. The van der Waals surface area contributed by atoms with E-state index < -0.39 is 29.4 Å². The number of hydrogen-bond donors (Lipinski definition) is 1. The van der Waals surface area contributed by atoms with E-state index in [1.54, 1.807) is 54.6 Å². The van der Waals surface area contributed by atoms with E-state index >= 15 is 0 Å². The van der Waals surface area contributed by atoms with Crippen molar-refractivity contribution in [2.24, 2.45) is 0 Å². The van der Waals surface area contributed by atoms with E-state index in [0.717, 1.165) is 10.9 Å². The molecule has 1 aliphatic rings. The number of halogens is 3. The van der Waals surface area contributed by atoms with Gasteiger partial charge in [0.1, 0.15) is 5.75 Å². The summed E-state index contributed by atoms with van der Waals surface area (Å²) >= 11 is 0. The van der Waals surface area contributed by atoms with Gasteiger partial charge in [-0.05, 0) is 56.2 Å². The van der Waals surface area contributed by atoms with Crippen molar-refractivity contribution in [2.75, 3.05) is 19.7 Å². The van der Waals surface area contributed by atoms with E-state index in [1.807, 2.05) is 6.92 Å². The number of nitrogens with one attached hydrogen (secondary N) is 1. The van der Waals surface area contributed by atoms with Crippen LogP contribution in [-0.4, -0.2) is 52.2 Å². The number of rotatable bonds is 7. The van der Waals surface area contributed by atoms with Gasteiger partial charge in [0.25, 0.3) is 11.8 Å². The Balaban J connectivity index is 1.49. The van der Waals surface area contributed by atoms with Gasteiger partial charge in [-0.1, -0.05) is 18.2 Å². The summed E-state index contributed by atoms with van der Waals surface area (Å²) in [6, 6.07) is 14.5. The lowest BCUT2D eigenvalue weighted by atomic mass is 10.1. The number of nitrogens with zero attached hydrogens (tertiary/aromatic N) is 3. The summed E-state index contributed by atoms with van der Waals surface area (Å²) in [5, 5.41) is 6.46. The lowest BCUT2D eigenvalue weighted by Gasteiger charge is -2.25. The van der Waals surface area contributed by atoms with Gasteiger partial charge in [-0.2, -0.15) is 18.3 Å². The lowest BCUT2D eigenvalue weighted by molar-refractivity contribution is -0.141. The monoisotopic (exact) mass is 486 g/mol. The number of likely N-dealkylation sites (tertiary alicyclic amines) is 1. The molecule has 0 bridgehead atoms. The predicted octanol–water partition coefficient (Wildman–Crippen LogP) is 4.32. The maximum absolute atomic E-state index is 13.7.